The van der Waals surface area contributed by atoms with Crippen molar-refractivity contribution in [3.8, 4) is 6.07 Å². The number of hydrogen-bond acceptors (Lipinski definition) is 3. The molecular formula is C6H4N2O. The molecule has 0 aromatic heterocycles. The van der Waals surface area contributed by atoms with Crippen molar-refractivity contribution in [3.63, 3.8) is 0 Å². The maximum absolute atomic E-state index is 10.5. The van der Waals surface area contributed by atoms with Gasteiger partial charge >= 0.3 is 0 Å². The highest BCUT2D eigenvalue weighted by atomic mass is 16.1. The molecule has 1 rings (SSSR count). The highest BCUT2D eigenvalue weighted by Crippen LogP contribution is 1.97. The molecule has 1 aliphatic rings. The van der Waals surface area contributed by atoms with Gasteiger partial charge in [0.2, 0.25) is 0 Å². The molecular weight excluding hydrogens is 116 g/mol. The maximum atomic E-state index is 10.5. The third-order valence-electron chi connectivity index (χ3n) is 0.962. The normalized spacial score (nSPS) is 16.8. The lowest BCUT2D eigenvalue weighted by atomic mass is 10.2. The van der Waals surface area contributed by atoms with Crippen LogP contribution >= 0.6 is 0 Å². The van der Waals surface area contributed by atoms with Gasteiger partial charge < -0.3 is 0 Å². The summed E-state index contributed by atoms with van der Waals surface area (Å²) in [6.45, 7) is 0. The molecule has 0 radical (unpaired) electrons. The summed E-state index contributed by atoms with van der Waals surface area (Å²) in [6.07, 6.45) is 2.87. The summed E-state index contributed by atoms with van der Waals surface area (Å²) >= 11 is 0. The Labute approximate surface area is 52.3 Å². The first-order valence-corrected chi connectivity index (χ1v) is 2.49. The van der Waals surface area contributed by atoms with E-state index >= 15 is 0 Å². The number of aliphatic imine (C=N–C) groups is 1. The number of hydrogen-bond donors (Lipinski definition) is 0. The van der Waals surface area contributed by atoms with E-state index in [0.29, 0.717) is 5.71 Å². The highest BCUT2D eigenvalue weighted by molar-refractivity contribution is 6.14. The Morgan fingerprint density at radius 1 is 1.78 bits per heavy atom. The second-order valence-corrected chi connectivity index (χ2v) is 1.65. The summed E-state index contributed by atoms with van der Waals surface area (Å²) in [6, 6.07) is 1.81. The van der Waals surface area contributed by atoms with Gasteiger partial charge in [-0.3, -0.25) is 4.79 Å². The predicted octanol–water partition coefficient (Wildman–Crippen LogP) is 0.437. The molecule has 0 unspecified atom stereocenters. The first-order chi connectivity index (χ1) is 4.33. The number of allylic oxidation sites excluding steroid dienone is 1. The van der Waals surface area contributed by atoms with E-state index in [2.05, 4.69) is 4.99 Å². The molecule has 0 aliphatic carbocycles. The Kier molecular flexibility index (Phi) is 1.41. The molecule has 0 aromatic rings. The van der Waals surface area contributed by atoms with Gasteiger partial charge in [-0.1, -0.05) is 0 Å². The van der Waals surface area contributed by atoms with Crippen molar-refractivity contribution in [3.05, 3.63) is 12.3 Å². The van der Waals surface area contributed by atoms with Gasteiger partial charge in [0.25, 0.3) is 0 Å². The van der Waals surface area contributed by atoms with E-state index < -0.39 is 0 Å². The Morgan fingerprint density at radius 2 is 2.56 bits per heavy atom. The van der Waals surface area contributed by atoms with Crippen LogP contribution in [0.5, 0.6) is 0 Å². The van der Waals surface area contributed by atoms with Crippen LogP contribution in [0.25, 0.3) is 0 Å². The molecule has 0 atom stereocenters. The number of carbonyl (C=O) groups excluding carboxylic acids is 1. The molecule has 0 saturated heterocycles. The minimum atomic E-state index is -0.0541. The molecule has 0 N–H and O–H groups in total. The molecule has 44 valence electrons. The Bertz CT molecular complexity index is 232. The number of carbonyl (C=O) groups is 1. The van der Waals surface area contributed by atoms with E-state index in [-0.39, 0.29) is 12.2 Å². The zero-order valence-corrected chi connectivity index (χ0v) is 4.66. The Morgan fingerprint density at radius 3 is 3.00 bits per heavy atom. The van der Waals surface area contributed by atoms with Crippen LogP contribution in [-0.2, 0) is 4.79 Å². The van der Waals surface area contributed by atoms with Gasteiger partial charge in [-0.25, -0.2) is 4.99 Å². The first kappa shape index (κ1) is 5.70. The molecule has 1 aliphatic heterocycles. The van der Waals surface area contributed by atoms with E-state index in [4.69, 9.17) is 5.26 Å². The largest absolute Gasteiger partial charge is 0.294 e. The molecule has 0 amide bonds. The summed E-state index contributed by atoms with van der Waals surface area (Å²) in [5.41, 5.74) is 0.294. The monoisotopic (exact) mass is 120 g/mol. The summed E-state index contributed by atoms with van der Waals surface area (Å²) in [4.78, 5) is 14.2. The summed E-state index contributed by atoms with van der Waals surface area (Å²) in [7, 11) is 0. The lowest BCUT2D eigenvalue weighted by molar-refractivity contribution is -0.113. The van der Waals surface area contributed by atoms with Crippen molar-refractivity contribution < 1.29 is 4.79 Å². The van der Waals surface area contributed by atoms with Gasteiger partial charge in [0.1, 0.15) is 11.8 Å². The third-order valence-corrected chi connectivity index (χ3v) is 0.962. The van der Waals surface area contributed by atoms with Crippen LogP contribution < -0.4 is 0 Å². The fraction of sp³-hybridized carbons (Fsp3) is 0.167. The number of ketones is 1. The minimum Gasteiger partial charge on any atom is -0.294 e. The van der Waals surface area contributed by atoms with Gasteiger partial charge in [0.15, 0.2) is 5.78 Å². The molecule has 1 heterocycles. The molecule has 3 heteroatoms. The van der Waals surface area contributed by atoms with Crippen LogP contribution in [0.3, 0.4) is 0 Å². The van der Waals surface area contributed by atoms with Crippen molar-refractivity contribution in [2.24, 2.45) is 4.99 Å². The Hall–Kier alpha value is -1.43. The molecule has 0 spiro atoms. The van der Waals surface area contributed by atoms with Gasteiger partial charge in [0.05, 0.1) is 6.42 Å². The van der Waals surface area contributed by atoms with Crippen molar-refractivity contribution in [2.45, 2.75) is 6.42 Å². The second kappa shape index (κ2) is 2.23. The average molecular weight is 120 g/mol. The van der Waals surface area contributed by atoms with Crippen LogP contribution in [0.1, 0.15) is 6.42 Å². The molecule has 3 nitrogen and oxygen atoms in total. The lowest BCUT2D eigenvalue weighted by Gasteiger charge is -1.94. The maximum Gasteiger partial charge on any atom is 0.163 e. The van der Waals surface area contributed by atoms with E-state index in [1.165, 1.54) is 12.3 Å². The number of nitrogens with zero attached hydrogens (tertiary/aromatic N) is 2. The molecule has 9 heavy (non-hydrogen) atoms. The van der Waals surface area contributed by atoms with Gasteiger partial charge in [-0.15, -0.1) is 0 Å². The quantitative estimate of drug-likeness (QED) is 0.465. The van der Waals surface area contributed by atoms with Crippen LogP contribution in [0, 0.1) is 11.3 Å². The van der Waals surface area contributed by atoms with Gasteiger partial charge in [-0.2, -0.15) is 5.26 Å². The van der Waals surface area contributed by atoms with E-state index in [9.17, 15) is 4.79 Å². The topological polar surface area (TPSA) is 53.2 Å². The van der Waals surface area contributed by atoms with Crippen LogP contribution in [-0.4, -0.2) is 11.5 Å². The van der Waals surface area contributed by atoms with E-state index in [0.717, 1.165) is 0 Å². The first-order valence-electron chi connectivity index (χ1n) is 2.49. The lowest BCUT2D eigenvalue weighted by Crippen LogP contribution is -2.05. The molecule has 0 aromatic carbocycles. The van der Waals surface area contributed by atoms with Crippen LogP contribution in [0.15, 0.2) is 17.3 Å². The van der Waals surface area contributed by atoms with Gasteiger partial charge in [-0.05, 0) is 6.08 Å². The van der Waals surface area contributed by atoms with Crippen molar-refractivity contribution in [1.29, 1.82) is 5.26 Å². The highest BCUT2D eigenvalue weighted by Gasteiger charge is 2.05. The summed E-state index contributed by atoms with van der Waals surface area (Å²) < 4.78 is 0. The summed E-state index contributed by atoms with van der Waals surface area (Å²) in [5.74, 6) is -0.0541. The molecule has 0 saturated carbocycles. The standard InChI is InChI=1S/C6H4N2O/c7-4-5-3-6(9)1-2-8-5/h1-2H,3H2. The zero-order chi connectivity index (χ0) is 6.69. The SMILES string of the molecule is N#CC1=NC=CC(=O)C1. The molecule has 0 fully saturated rings. The van der Waals surface area contributed by atoms with Crippen molar-refractivity contribution in [2.75, 3.05) is 0 Å². The summed E-state index contributed by atoms with van der Waals surface area (Å²) in [5, 5.41) is 8.24. The third kappa shape index (κ3) is 1.23. The minimum absolute atomic E-state index is 0.0541. The van der Waals surface area contributed by atoms with Crippen molar-refractivity contribution >= 4 is 11.5 Å². The number of nitriles is 1. The second-order valence-electron chi connectivity index (χ2n) is 1.65. The zero-order valence-electron chi connectivity index (χ0n) is 4.66. The average Bonchev–Trinajstić information content (AvgIpc) is 1.88. The fourth-order valence-electron chi connectivity index (χ4n) is 0.548. The van der Waals surface area contributed by atoms with E-state index in [1.54, 1.807) is 0 Å². The van der Waals surface area contributed by atoms with Crippen LogP contribution in [0.4, 0.5) is 0 Å². The van der Waals surface area contributed by atoms with E-state index in [1.807, 2.05) is 6.07 Å². The predicted molar refractivity (Wildman–Crippen MR) is 31.8 cm³/mol. The Balaban J connectivity index is 2.80. The van der Waals surface area contributed by atoms with Crippen molar-refractivity contribution in [1.82, 2.24) is 0 Å². The smallest absolute Gasteiger partial charge is 0.163 e. The molecule has 0 bridgehead atoms. The fourth-order valence-corrected chi connectivity index (χ4v) is 0.548. The number of rotatable bonds is 0. The van der Waals surface area contributed by atoms with Crippen LogP contribution in [0.2, 0.25) is 0 Å². The van der Waals surface area contributed by atoms with Gasteiger partial charge in [0, 0.05) is 6.20 Å².